The molecule has 1 aliphatic heterocycles. The molecule has 0 aliphatic carbocycles. The Labute approximate surface area is 223 Å². The van der Waals surface area contributed by atoms with E-state index in [-0.39, 0.29) is 11.8 Å². The first-order valence-electron chi connectivity index (χ1n) is 13.1. The first kappa shape index (κ1) is 25.8. The van der Waals surface area contributed by atoms with Gasteiger partial charge in [-0.25, -0.2) is 9.50 Å². The maximum Gasteiger partial charge on any atom is 0.236 e. The molecule has 200 valence electrons. The van der Waals surface area contributed by atoms with Gasteiger partial charge in [-0.05, 0) is 69.0 Å². The minimum absolute atomic E-state index is 0.204. The van der Waals surface area contributed by atoms with Crippen molar-refractivity contribution in [2.24, 2.45) is 0 Å². The number of nitrogens with zero attached hydrogens (tertiary/aromatic N) is 7. The van der Waals surface area contributed by atoms with Gasteiger partial charge in [-0.2, -0.15) is 10.2 Å². The maximum absolute atomic E-state index is 12.4. The zero-order chi connectivity index (χ0) is 27.0. The van der Waals surface area contributed by atoms with Crippen LogP contribution in [-0.4, -0.2) is 86.3 Å². The number of methoxy groups -OCH3 is 1. The monoisotopic (exact) mass is 516 g/mol. The number of nitrogens with one attached hydrogen (secondary N) is 1. The molecule has 0 saturated carbocycles. The number of rotatable bonds is 7. The number of fused-ring (bicyclic) bond motifs is 1. The number of pyridine rings is 2. The molecule has 0 bridgehead atoms. The average molecular weight is 517 g/mol. The van der Waals surface area contributed by atoms with Crippen LogP contribution in [0, 0.1) is 6.92 Å². The number of ether oxygens (including phenoxy) is 1. The van der Waals surface area contributed by atoms with Crippen LogP contribution in [0.3, 0.4) is 0 Å². The molecule has 10 nitrogen and oxygen atoms in total. The maximum atomic E-state index is 12.4. The molecule has 1 amide bonds. The molecular weight excluding hydrogens is 480 g/mol. The van der Waals surface area contributed by atoms with Crippen LogP contribution >= 0.6 is 0 Å². The topological polar surface area (TPSA) is 105 Å². The Balaban J connectivity index is 1.41. The van der Waals surface area contributed by atoms with E-state index in [2.05, 4.69) is 42.0 Å². The molecule has 0 aromatic carbocycles. The van der Waals surface area contributed by atoms with E-state index in [9.17, 15) is 4.79 Å². The number of carbonyl (C=O) groups excluding carboxylic acids is 1. The van der Waals surface area contributed by atoms with Crippen molar-refractivity contribution < 1.29 is 9.53 Å². The summed E-state index contributed by atoms with van der Waals surface area (Å²) in [5.41, 5.74) is 7.78. The second-order valence-electron chi connectivity index (χ2n) is 10.7. The Morgan fingerprint density at radius 3 is 2.63 bits per heavy atom. The molecule has 4 aromatic heterocycles. The highest BCUT2D eigenvalue weighted by atomic mass is 16.5. The van der Waals surface area contributed by atoms with E-state index in [0.717, 1.165) is 54.1 Å². The lowest BCUT2D eigenvalue weighted by molar-refractivity contribution is -0.132. The molecule has 1 saturated heterocycles. The Hall–Kier alpha value is -3.79. The first-order chi connectivity index (χ1) is 18.3. The van der Waals surface area contributed by atoms with Gasteiger partial charge in [0.15, 0.2) is 11.4 Å². The van der Waals surface area contributed by atoms with Crippen LogP contribution in [0.1, 0.15) is 55.2 Å². The third-order valence-corrected chi connectivity index (χ3v) is 7.36. The summed E-state index contributed by atoms with van der Waals surface area (Å²) >= 11 is 0. The largest absolute Gasteiger partial charge is 0.493 e. The fraction of sp³-hybridized carbons (Fsp3) is 0.464. The van der Waals surface area contributed by atoms with Gasteiger partial charge in [0.05, 0.1) is 25.0 Å². The Morgan fingerprint density at radius 1 is 1.21 bits per heavy atom. The molecular formula is C28H36N8O2. The molecule has 0 radical (unpaired) electrons. The highest BCUT2D eigenvalue weighted by Gasteiger charge is 2.26. The molecule has 1 fully saturated rings. The van der Waals surface area contributed by atoms with Crippen molar-refractivity contribution in [3.05, 3.63) is 47.5 Å². The van der Waals surface area contributed by atoms with Crippen LogP contribution in [0.5, 0.6) is 5.75 Å². The van der Waals surface area contributed by atoms with Crippen LogP contribution in [0.4, 0.5) is 0 Å². The molecule has 4 aromatic rings. The second-order valence-corrected chi connectivity index (χ2v) is 10.7. The third-order valence-electron chi connectivity index (χ3n) is 7.36. The number of aryl methyl sites for hydroxylation is 1. The highest BCUT2D eigenvalue weighted by Crippen LogP contribution is 2.38. The van der Waals surface area contributed by atoms with Crippen LogP contribution in [0.15, 0.2) is 30.9 Å². The average Bonchev–Trinajstić information content (AvgIpc) is 3.55. The Kier molecular flexibility index (Phi) is 7.16. The quantitative estimate of drug-likeness (QED) is 0.397. The van der Waals surface area contributed by atoms with Gasteiger partial charge in [0.1, 0.15) is 12.0 Å². The molecule has 38 heavy (non-hydrogen) atoms. The molecule has 5 rings (SSSR count). The van der Waals surface area contributed by atoms with Crippen molar-refractivity contribution in [3.8, 4) is 28.4 Å². The number of hydrogen-bond acceptors (Lipinski definition) is 7. The minimum atomic E-state index is 0.204. The lowest BCUT2D eigenvalue weighted by atomic mass is 9.87. The van der Waals surface area contributed by atoms with Gasteiger partial charge in [0, 0.05) is 36.6 Å². The van der Waals surface area contributed by atoms with Gasteiger partial charge < -0.3 is 14.5 Å². The second kappa shape index (κ2) is 10.5. The highest BCUT2D eigenvalue weighted by molar-refractivity contribution is 5.78. The van der Waals surface area contributed by atoms with Crippen LogP contribution < -0.4 is 4.74 Å². The minimum Gasteiger partial charge on any atom is -0.493 e. The Morgan fingerprint density at radius 2 is 1.97 bits per heavy atom. The normalized spacial score (nSPS) is 14.7. The summed E-state index contributed by atoms with van der Waals surface area (Å²) in [6.07, 6.45) is 7.37. The van der Waals surface area contributed by atoms with E-state index in [1.54, 1.807) is 11.6 Å². The number of amides is 1. The van der Waals surface area contributed by atoms with Gasteiger partial charge in [0.2, 0.25) is 5.91 Å². The third kappa shape index (κ3) is 4.88. The molecule has 0 unspecified atom stereocenters. The van der Waals surface area contributed by atoms with Crippen molar-refractivity contribution in [1.29, 1.82) is 0 Å². The number of likely N-dealkylation sites (N-methyl/N-ethyl adjacent to an activating group) is 1. The van der Waals surface area contributed by atoms with Gasteiger partial charge in [0.25, 0.3) is 0 Å². The van der Waals surface area contributed by atoms with Crippen molar-refractivity contribution in [2.45, 2.75) is 45.4 Å². The van der Waals surface area contributed by atoms with E-state index in [0.29, 0.717) is 23.9 Å². The standard InChI is InChI=1S/C28H36N8O2/c1-17(2)25-26(20-12-23(38-6)28-30-16-31-36(28)14-20)32-33-27(25)22-11-18(3)21(13-29-22)19-7-9-35(10-8-19)24(37)15-34(4)5/h11-14,16-17,19H,7-10,15H2,1-6H3,(H,32,33). The number of carbonyl (C=O) groups is 1. The number of aromatic amines is 1. The van der Waals surface area contributed by atoms with Crippen molar-refractivity contribution in [3.63, 3.8) is 0 Å². The summed E-state index contributed by atoms with van der Waals surface area (Å²) in [5.74, 6) is 1.47. The van der Waals surface area contributed by atoms with Gasteiger partial charge in [-0.1, -0.05) is 13.8 Å². The smallest absolute Gasteiger partial charge is 0.236 e. The summed E-state index contributed by atoms with van der Waals surface area (Å²) < 4.78 is 7.29. The lowest BCUT2D eigenvalue weighted by Crippen LogP contribution is -2.42. The predicted molar refractivity (Wildman–Crippen MR) is 146 cm³/mol. The fourth-order valence-electron chi connectivity index (χ4n) is 5.44. The molecule has 1 N–H and O–H groups in total. The summed E-state index contributed by atoms with van der Waals surface area (Å²) in [6, 6.07) is 4.11. The van der Waals surface area contributed by atoms with Crippen molar-refractivity contribution in [1.82, 2.24) is 39.6 Å². The van der Waals surface area contributed by atoms with Crippen LogP contribution in [0.25, 0.3) is 28.3 Å². The molecule has 10 heteroatoms. The predicted octanol–water partition coefficient (Wildman–Crippen LogP) is 3.89. The van der Waals surface area contributed by atoms with E-state index < -0.39 is 0 Å². The van der Waals surface area contributed by atoms with E-state index in [4.69, 9.17) is 14.8 Å². The molecule has 1 aliphatic rings. The SMILES string of the molecule is COc1cc(-c2[nH]nc(-c3cc(C)c(C4CCN(C(=O)CN(C)C)CC4)cn3)c2C(C)C)cn2ncnc12. The molecule has 0 atom stereocenters. The van der Waals surface area contributed by atoms with Crippen molar-refractivity contribution in [2.75, 3.05) is 40.8 Å². The van der Waals surface area contributed by atoms with Crippen LogP contribution in [0.2, 0.25) is 0 Å². The number of hydrogen-bond donors (Lipinski definition) is 1. The summed E-state index contributed by atoms with van der Waals surface area (Å²) in [4.78, 5) is 25.5. The van der Waals surface area contributed by atoms with Gasteiger partial charge in [-0.15, -0.1) is 0 Å². The van der Waals surface area contributed by atoms with Gasteiger partial charge in [-0.3, -0.25) is 14.9 Å². The molecule has 0 spiro atoms. The Bertz CT molecular complexity index is 1450. The van der Waals surface area contributed by atoms with Crippen LogP contribution in [-0.2, 0) is 4.79 Å². The zero-order valence-corrected chi connectivity index (χ0v) is 23.0. The number of aromatic nitrogens is 6. The number of H-pyrrole nitrogens is 1. The fourth-order valence-corrected chi connectivity index (χ4v) is 5.44. The zero-order valence-electron chi connectivity index (χ0n) is 23.0. The van der Waals surface area contributed by atoms with Crippen molar-refractivity contribution >= 4 is 11.6 Å². The number of piperidine rings is 1. The summed E-state index contributed by atoms with van der Waals surface area (Å²) in [7, 11) is 5.50. The first-order valence-corrected chi connectivity index (χ1v) is 13.1. The summed E-state index contributed by atoms with van der Waals surface area (Å²) in [5, 5.41) is 12.3. The van der Waals surface area contributed by atoms with E-state index in [1.807, 2.05) is 42.4 Å². The van der Waals surface area contributed by atoms with E-state index >= 15 is 0 Å². The van der Waals surface area contributed by atoms with E-state index in [1.165, 1.54) is 17.5 Å². The lowest BCUT2D eigenvalue weighted by Gasteiger charge is -2.33. The summed E-state index contributed by atoms with van der Waals surface area (Å²) in [6.45, 7) is 8.52. The van der Waals surface area contributed by atoms with Gasteiger partial charge >= 0.3 is 0 Å². The number of likely N-dealkylation sites (tertiary alicyclic amines) is 1. The molecule has 5 heterocycles.